The highest BCUT2D eigenvalue weighted by atomic mass is 35.5. The minimum atomic E-state index is -0.189. The second-order valence-electron chi connectivity index (χ2n) is 7.93. The number of nitrogens with zero attached hydrogens (tertiary/aromatic N) is 5. The zero-order chi connectivity index (χ0) is 23.2. The van der Waals surface area contributed by atoms with Gasteiger partial charge >= 0.3 is 0 Å². The maximum Gasteiger partial charge on any atom is 0.253 e. The van der Waals surface area contributed by atoms with E-state index in [1.807, 2.05) is 54.7 Å². The summed E-state index contributed by atoms with van der Waals surface area (Å²) in [6, 6.07) is 17.0. The van der Waals surface area contributed by atoms with E-state index in [2.05, 4.69) is 39.0 Å². The molecule has 0 aliphatic carbocycles. The summed E-state index contributed by atoms with van der Waals surface area (Å²) in [4.78, 5) is 13.0. The number of aromatic nitrogens is 5. The highest BCUT2D eigenvalue weighted by Crippen LogP contribution is 2.26. The van der Waals surface area contributed by atoms with Crippen molar-refractivity contribution in [3.63, 3.8) is 0 Å². The van der Waals surface area contributed by atoms with Gasteiger partial charge in [0.1, 0.15) is 0 Å². The summed E-state index contributed by atoms with van der Waals surface area (Å²) in [5, 5.41) is 17.5. The predicted molar refractivity (Wildman–Crippen MR) is 131 cm³/mol. The van der Waals surface area contributed by atoms with Crippen molar-refractivity contribution in [1.29, 1.82) is 0 Å². The summed E-state index contributed by atoms with van der Waals surface area (Å²) in [7, 11) is 0. The molecule has 2 aromatic heterocycles. The lowest BCUT2D eigenvalue weighted by Crippen LogP contribution is -2.26. The Hall–Kier alpha value is -3.10. The van der Waals surface area contributed by atoms with Crippen LogP contribution in [-0.2, 0) is 18.8 Å². The summed E-state index contributed by atoms with van der Waals surface area (Å²) in [6.07, 6.45) is 3.50. The maximum atomic E-state index is 13.0. The number of benzene rings is 2. The van der Waals surface area contributed by atoms with E-state index in [1.54, 1.807) is 28.7 Å². The molecule has 2 aromatic carbocycles. The summed E-state index contributed by atoms with van der Waals surface area (Å²) in [5.41, 5.74) is 2.32. The van der Waals surface area contributed by atoms with E-state index in [0.29, 0.717) is 17.2 Å². The number of rotatable bonds is 9. The van der Waals surface area contributed by atoms with Crippen molar-refractivity contribution in [2.24, 2.45) is 5.92 Å². The first-order valence-corrected chi connectivity index (χ1v) is 12.0. The fourth-order valence-corrected chi connectivity index (χ4v) is 4.65. The number of nitrogens with one attached hydrogen (secondary N) is 1. The van der Waals surface area contributed by atoms with Crippen LogP contribution in [0.3, 0.4) is 0 Å². The molecule has 1 amide bonds. The third-order valence-electron chi connectivity index (χ3n) is 4.96. The van der Waals surface area contributed by atoms with Crippen molar-refractivity contribution in [2.45, 2.75) is 37.8 Å². The van der Waals surface area contributed by atoms with E-state index in [1.165, 1.54) is 0 Å². The molecule has 2 heterocycles. The standard InChI is InChI=1S/C24H25ClN6OS/c1-17(2)15-30-22(28-29-24(30)33-16-18-8-3-5-10-20(18)25)14-26-23(32)19-9-4-6-11-21(19)31-13-7-12-27-31/h3-13,17H,14-16H2,1-2H3,(H,26,32). The highest BCUT2D eigenvalue weighted by Gasteiger charge is 2.17. The SMILES string of the molecule is CC(C)Cn1c(CNC(=O)c2ccccc2-n2cccn2)nnc1SCc1ccccc1Cl. The van der Waals surface area contributed by atoms with Gasteiger partial charge in [0.15, 0.2) is 11.0 Å². The van der Waals surface area contributed by atoms with E-state index in [9.17, 15) is 4.79 Å². The average Bonchev–Trinajstić information content (AvgIpc) is 3.47. The van der Waals surface area contributed by atoms with Gasteiger partial charge in [0, 0.05) is 29.7 Å². The van der Waals surface area contributed by atoms with E-state index in [4.69, 9.17) is 11.6 Å². The Morgan fingerprint density at radius 1 is 1.09 bits per heavy atom. The van der Waals surface area contributed by atoms with Gasteiger partial charge in [0.2, 0.25) is 0 Å². The summed E-state index contributed by atoms with van der Waals surface area (Å²) in [6.45, 7) is 5.32. The number of amides is 1. The van der Waals surface area contributed by atoms with Crippen molar-refractivity contribution >= 4 is 29.3 Å². The molecule has 0 bridgehead atoms. The maximum absolute atomic E-state index is 13.0. The Morgan fingerprint density at radius 3 is 2.64 bits per heavy atom. The van der Waals surface area contributed by atoms with Gasteiger partial charge in [-0.25, -0.2) is 4.68 Å². The highest BCUT2D eigenvalue weighted by molar-refractivity contribution is 7.98. The molecule has 0 fully saturated rings. The van der Waals surface area contributed by atoms with Gasteiger partial charge in [-0.15, -0.1) is 10.2 Å². The number of hydrogen-bond donors (Lipinski definition) is 1. The molecule has 0 aliphatic heterocycles. The normalized spacial score (nSPS) is 11.2. The number of halogens is 1. The Labute approximate surface area is 202 Å². The molecule has 33 heavy (non-hydrogen) atoms. The fraction of sp³-hybridized carbons (Fsp3) is 0.250. The predicted octanol–water partition coefficient (Wildman–Crippen LogP) is 5.00. The third-order valence-corrected chi connectivity index (χ3v) is 6.35. The Bertz CT molecular complexity index is 1220. The summed E-state index contributed by atoms with van der Waals surface area (Å²) >= 11 is 7.89. The molecule has 0 atom stereocenters. The number of hydrogen-bond acceptors (Lipinski definition) is 5. The van der Waals surface area contributed by atoms with Crippen LogP contribution >= 0.6 is 23.4 Å². The third kappa shape index (κ3) is 5.64. The average molecular weight is 481 g/mol. The number of para-hydroxylation sites is 1. The molecule has 1 N–H and O–H groups in total. The first-order chi connectivity index (χ1) is 16.0. The number of carbonyl (C=O) groups excluding carboxylic acids is 1. The van der Waals surface area contributed by atoms with Crippen LogP contribution < -0.4 is 5.32 Å². The summed E-state index contributed by atoms with van der Waals surface area (Å²) < 4.78 is 3.76. The van der Waals surface area contributed by atoms with Crippen LogP contribution in [0.25, 0.3) is 5.69 Å². The molecule has 0 saturated heterocycles. The number of carbonyl (C=O) groups is 1. The van der Waals surface area contributed by atoms with Crippen LogP contribution in [0.5, 0.6) is 0 Å². The fourth-order valence-electron chi connectivity index (χ4n) is 3.39. The van der Waals surface area contributed by atoms with Crippen LogP contribution in [0.4, 0.5) is 0 Å². The molecular weight excluding hydrogens is 456 g/mol. The van der Waals surface area contributed by atoms with E-state index in [-0.39, 0.29) is 12.5 Å². The van der Waals surface area contributed by atoms with E-state index < -0.39 is 0 Å². The smallest absolute Gasteiger partial charge is 0.253 e. The van der Waals surface area contributed by atoms with Crippen LogP contribution in [0, 0.1) is 5.92 Å². The van der Waals surface area contributed by atoms with Gasteiger partial charge in [0.25, 0.3) is 5.91 Å². The van der Waals surface area contributed by atoms with Crippen molar-refractivity contribution in [3.05, 3.63) is 89.0 Å². The van der Waals surface area contributed by atoms with Crippen LogP contribution in [0.1, 0.15) is 35.6 Å². The van der Waals surface area contributed by atoms with Gasteiger partial charge in [-0.1, -0.05) is 67.5 Å². The van der Waals surface area contributed by atoms with Crippen molar-refractivity contribution in [3.8, 4) is 5.69 Å². The second kappa shape index (κ2) is 10.7. The molecule has 0 unspecified atom stereocenters. The molecular formula is C24H25ClN6OS. The monoisotopic (exact) mass is 480 g/mol. The first kappa shape index (κ1) is 23.1. The molecule has 4 rings (SSSR count). The summed E-state index contributed by atoms with van der Waals surface area (Å²) in [5.74, 6) is 1.62. The Balaban J connectivity index is 1.49. The minimum Gasteiger partial charge on any atom is -0.345 e. The lowest BCUT2D eigenvalue weighted by atomic mass is 10.1. The topological polar surface area (TPSA) is 77.6 Å². The molecule has 4 aromatic rings. The minimum absolute atomic E-state index is 0.189. The Morgan fingerprint density at radius 2 is 1.88 bits per heavy atom. The molecule has 0 saturated carbocycles. The molecule has 9 heteroatoms. The van der Waals surface area contributed by atoms with E-state index in [0.717, 1.165) is 33.8 Å². The lowest BCUT2D eigenvalue weighted by molar-refractivity contribution is 0.0949. The first-order valence-electron chi connectivity index (χ1n) is 10.7. The zero-order valence-electron chi connectivity index (χ0n) is 18.5. The molecule has 0 spiro atoms. The molecule has 0 aliphatic rings. The van der Waals surface area contributed by atoms with Gasteiger partial charge in [-0.2, -0.15) is 5.10 Å². The zero-order valence-corrected chi connectivity index (χ0v) is 20.1. The van der Waals surface area contributed by atoms with Gasteiger partial charge in [-0.05, 0) is 35.7 Å². The van der Waals surface area contributed by atoms with Gasteiger partial charge < -0.3 is 9.88 Å². The van der Waals surface area contributed by atoms with Crippen molar-refractivity contribution in [2.75, 3.05) is 0 Å². The molecule has 0 radical (unpaired) electrons. The Kier molecular flexibility index (Phi) is 7.47. The number of thioether (sulfide) groups is 1. The van der Waals surface area contributed by atoms with Crippen molar-refractivity contribution < 1.29 is 4.79 Å². The molecule has 170 valence electrons. The van der Waals surface area contributed by atoms with Crippen molar-refractivity contribution in [1.82, 2.24) is 29.9 Å². The van der Waals surface area contributed by atoms with Crippen LogP contribution in [-0.4, -0.2) is 30.5 Å². The van der Waals surface area contributed by atoms with Gasteiger partial charge in [-0.3, -0.25) is 4.79 Å². The van der Waals surface area contributed by atoms with Crippen LogP contribution in [0.15, 0.2) is 72.1 Å². The second-order valence-corrected chi connectivity index (χ2v) is 9.28. The van der Waals surface area contributed by atoms with E-state index >= 15 is 0 Å². The molecule has 7 nitrogen and oxygen atoms in total. The van der Waals surface area contributed by atoms with Crippen LogP contribution in [0.2, 0.25) is 5.02 Å². The lowest BCUT2D eigenvalue weighted by Gasteiger charge is -2.14. The van der Waals surface area contributed by atoms with Gasteiger partial charge in [0.05, 0.1) is 17.8 Å². The largest absolute Gasteiger partial charge is 0.345 e. The quantitative estimate of drug-likeness (QED) is 0.341.